The second kappa shape index (κ2) is 8.60. The third-order valence-corrected chi connectivity index (χ3v) is 10.2. The van der Waals surface area contributed by atoms with Gasteiger partial charge >= 0.3 is 228 Å². The molecular weight excluding hydrogens is 525 g/mol. The van der Waals surface area contributed by atoms with Crippen LogP contribution in [0.3, 0.4) is 0 Å². The molecule has 0 aliphatic carbocycles. The van der Waals surface area contributed by atoms with Gasteiger partial charge in [-0.25, -0.2) is 0 Å². The van der Waals surface area contributed by atoms with Crippen LogP contribution in [0.2, 0.25) is 0 Å². The van der Waals surface area contributed by atoms with E-state index in [4.69, 9.17) is 0 Å². The molecule has 1 heterocycles. The molecule has 2 heteroatoms. The molecule has 0 fully saturated rings. The predicted molar refractivity (Wildman–Crippen MR) is 166 cm³/mol. The van der Waals surface area contributed by atoms with Gasteiger partial charge < -0.3 is 0 Å². The van der Waals surface area contributed by atoms with E-state index in [1.54, 1.807) is 0 Å². The first-order valence-corrected chi connectivity index (χ1v) is 14.7. The molecular formula is C36H23NSe. The summed E-state index contributed by atoms with van der Waals surface area (Å²) in [5.74, 6) is 0. The van der Waals surface area contributed by atoms with Crippen LogP contribution in [0.5, 0.6) is 0 Å². The Balaban J connectivity index is 1.41. The summed E-state index contributed by atoms with van der Waals surface area (Å²) in [6.45, 7) is 0. The number of benzene rings is 7. The molecule has 0 aliphatic rings. The fourth-order valence-corrected chi connectivity index (χ4v) is 8.46. The maximum absolute atomic E-state index is 2.42. The van der Waals surface area contributed by atoms with Crippen molar-refractivity contribution in [2.45, 2.75) is 0 Å². The molecule has 38 heavy (non-hydrogen) atoms. The SMILES string of the molecule is c1ccc(N(c2ccc3c(ccc4c5ccccc5[se]c34)c2)c2cc3ccccc3c3ccccc23)cc1. The third-order valence-electron chi connectivity index (χ3n) is 7.60. The van der Waals surface area contributed by atoms with Gasteiger partial charge in [0.1, 0.15) is 0 Å². The van der Waals surface area contributed by atoms with Gasteiger partial charge in [0.2, 0.25) is 0 Å². The van der Waals surface area contributed by atoms with Crippen molar-refractivity contribution < 1.29 is 0 Å². The molecule has 0 bridgehead atoms. The van der Waals surface area contributed by atoms with Crippen LogP contribution in [0.4, 0.5) is 17.1 Å². The molecule has 0 saturated heterocycles. The van der Waals surface area contributed by atoms with E-state index in [9.17, 15) is 0 Å². The molecule has 8 rings (SSSR count). The first kappa shape index (κ1) is 21.7. The van der Waals surface area contributed by atoms with Gasteiger partial charge in [-0.3, -0.25) is 0 Å². The normalized spacial score (nSPS) is 11.7. The number of hydrogen-bond acceptors (Lipinski definition) is 1. The standard InChI is InChI=1S/C36H23NSe/c1-2-11-26(12-3-1)37(34-23-24-10-4-5-13-28(24)30-14-6-7-15-31(30)34)27-19-21-29-25(22-27)18-20-33-32-16-8-9-17-35(32)38-36(29)33/h1-23H. The predicted octanol–water partition coefficient (Wildman–Crippen LogP) is 9.98. The quantitative estimate of drug-likeness (QED) is 0.157. The van der Waals surface area contributed by atoms with E-state index in [2.05, 4.69) is 144 Å². The van der Waals surface area contributed by atoms with E-state index in [1.807, 2.05) is 0 Å². The molecule has 0 saturated carbocycles. The molecule has 0 radical (unpaired) electrons. The number of fused-ring (bicyclic) bond motifs is 8. The van der Waals surface area contributed by atoms with Gasteiger partial charge in [-0.1, -0.05) is 0 Å². The summed E-state index contributed by atoms with van der Waals surface area (Å²) in [6.07, 6.45) is 0. The van der Waals surface area contributed by atoms with E-state index in [0.29, 0.717) is 14.5 Å². The fraction of sp³-hybridized carbons (Fsp3) is 0. The summed E-state index contributed by atoms with van der Waals surface area (Å²) >= 11 is 0.334. The van der Waals surface area contributed by atoms with Crippen molar-refractivity contribution in [2.24, 2.45) is 0 Å². The van der Waals surface area contributed by atoms with Crippen molar-refractivity contribution in [1.29, 1.82) is 0 Å². The monoisotopic (exact) mass is 549 g/mol. The van der Waals surface area contributed by atoms with Crippen LogP contribution in [0.1, 0.15) is 0 Å². The van der Waals surface area contributed by atoms with Crippen LogP contribution < -0.4 is 4.90 Å². The average Bonchev–Trinajstić information content (AvgIpc) is 3.37. The van der Waals surface area contributed by atoms with Crippen molar-refractivity contribution >= 4 is 83.2 Å². The van der Waals surface area contributed by atoms with Crippen LogP contribution >= 0.6 is 0 Å². The Labute approximate surface area is 226 Å². The molecule has 0 atom stereocenters. The van der Waals surface area contributed by atoms with Gasteiger partial charge in [-0.05, 0) is 0 Å². The summed E-state index contributed by atoms with van der Waals surface area (Å²) in [7, 11) is 0. The first-order valence-electron chi connectivity index (χ1n) is 12.9. The van der Waals surface area contributed by atoms with Gasteiger partial charge in [0.05, 0.1) is 0 Å². The Morgan fingerprint density at radius 2 is 1.05 bits per heavy atom. The Hall–Kier alpha value is -4.36. The second-order valence-electron chi connectivity index (χ2n) is 9.78. The van der Waals surface area contributed by atoms with Crippen molar-refractivity contribution in [3.05, 3.63) is 140 Å². The van der Waals surface area contributed by atoms with Crippen molar-refractivity contribution in [2.75, 3.05) is 4.90 Å². The third kappa shape index (κ3) is 3.32. The number of hydrogen-bond donors (Lipinski definition) is 0. The van der Waals surface area contributed by atoms with Crippen LogP contribution in [0.15, 0.2) is 140 Å². The second-order valence-corrected chi connectivity index (χ2v) is 12.0. The minimum atomic E-state index is 0.334. The summed E-state index contributed by atoms with van der Waals surface area (Å²) in [4.78, 5) is 2.42. The number of anilines is 3. The molecule has 178 valence electrons. The minimum absolute atomic E-state index is 0.334. The molecule has 0 spiro atoms. The fourth-order valence-electron chi connectivity index (χ4n) is 5.86. The Morgan fingerprint density at radius 3 is 1.92 bits per heavy atom. The molecule has 0 N–H and O–H groups in total. The van der Waals surface area contributed by atoms with Gasteiger partial charge in [0.15, 0.2) is 0 Å². The van der Waals surface area contributed by atoms with Crippen molar-refractivity contribution in [1.82, 2.24) is 0 Å². The number of para-hydroxylation sites is 1. The zero-order valence-electron chi connectivity index (χ0n) is 20.6. The average molecular weight is 549 g/mol. The Kier molecular flexibility index (Phi) is 4.91. The van der Waals surface area contributed by atoms with Crippen LogP contribution in [-0.4, -0.2) is 14.5 Å². The Bertz CT molecular complexity index is 2140. The number of rotatable bonds is 3. The van der Waals surface area contributed by atoms with Gasteiger partial charge in [0, 0.05) is 0 Å². The zero-order chi connectivity index (χ0) is 25.1. The first-order chi connectivity index (χ1) is 18.8. The summed E-state index contributed by atoms with van der Waals surface area (Å²) in [5, 5.41) is 10.5. The van der Waals surface area contributed by atoms with Gasteiger partial charge in [0.25, 0.3) is 0 Å². The summed E-state index contributed by atoms with van der Waals surface area (Å²) in [6, 6.07) is 51.1. The zero-order valence-corrected chi connectivity index (χ0v) is 22.3. The summed E-state index contributed by atoms with van der Waals surface area (Å²) < 4.78 is 2.99. The molecule has 7 aromatic carbocycles. The van der Waals surface area contributed by atoms with Gasteiger partial charge in [-0.2, -0.15) is 0 Å². The Morgan fingerprint density at radius 1 is 0.395 bits per heavy atom. The topological polar surface area (TPSA) is 3.24 Å². The van der Waals surface area contributed by atoms with Crippen molar-refractivity contribution in [3.8, 4) is 0 Å². The molecule has 1 nitrogen and oxygen atoms in total. The van der Waals surface area contributed by atoms with Crippen LogP contribution in [0.25, 0.3) is 51.6 Å². The molecule has 0 amide bonds. The van der Waals surface area contributed by atoms with Crippen LogP contribution in [-0.2, 0) is 0 Å². The molecule has 0 aliphatic heterocycles. The van der Waals surface area contributed by atoms with Crippen molar-refractivity contribution in [3.63, 3.8) is 0 Å². The van der Waals surface area contributed by atoms with E-state index < -0.39 is 0 Å². The molecule has 1 aromatic heterocycles. The molecule has 8 aromatic rings. The van der Waals surface area contributed by atoms with E-state index in [1.165, 1.54) is 63.0 Å². The van der Waals surface area contributed by atoms with E-state index >= 15 is 0 Å². The van der Waals surface area contributed by atoms with E-state index in [-0.39, 0.29) is 0 Å². The van der Waals surface area contributed by atoms with E-state index in [0.717, 1.165) is 5.69 Å². The molecule has 0 unspecified atom stereocenters. The number of nitrogens with zero attached hydrogens (tertiary/aromatic N) is 1. The summed E-state index contributed by atoms with van der Waals surface area (Å²) in [5.41, 5.74) is 3.53. The maximum atomic E-state index is 2.42. The van der Waals surface area contributed by atoms with Crippen LogP contribution in [0, 0.1) is 0 Å². The van der Waals surface area contributed by atoms with Gasteiger partial charge in [-0.15, -0.1) is 0 Å².